The van der Waals surface area contributed by atoms with Gasteiger partial charge < -0.3 is 4.57 Å². The predicted octanol–water partition coefficient (Wildman–Crippen LogP) is 9.76. The number of benzene rings is 6. The second-order valence-corrected chi connectivity index (χ2v) is 9.76. The zero-order valence-electron chi connectivity index (χ0n) is 20.1. The average Bonchev–Trinajstić information content (AvgIpc) is 3.26. The standard InChI is InChI=1S/C34H27N/c1-3-22(2)23-16-19-34-32(20-23)30-14-8-9-15-33(30)35(34)24-17-18-29-27-12-5-4-10-25(27)26-11-6-7-13-28(26)31(29)21-24/h4-22H,3H2,1-2H3. The molecule has 0 spiro atoms. The molecule has 35 heavy (non-hydrogen) atoms. The van der Waals surface area contributed by atoms with Crippen LogP contribution in [0.1, 0.15) is 31.7 Å². The van der Waals surface area contributed by atoms with Gasteiger partial charge in [0.1, 0.15) is 0 Å². The highest BCUT2D eigenvalue weighted by molar-refractivity contribution is 6.25. The van der Waals surface area contributed by atoms with Crippen molar-refractivity contribution >= 4 is 54.1 Å². The number of hydrogen-bond acceptors (Lipinski definition) is 0. The smallest absolute Gasteiger partial charge is 0.0541 e. The summed E-state index contributed by atoms with van der Waals surface area (Å²) >= 11 is 0. The van der Waals surface area contributed by atoms with Crippen LogP contribution in [-0.4, -0.2) is 4.57 Å². The van der Waals surface area contributed by atoms with Gasteiger partial charge in [-0.3, -0.25) is 0 Å². The van der Waals surface area contributed by atoms with Crippen LogP contribution < -0.4 is 0 Å². The molecule has 1 heteroatoms. The quantitative estimate of drug-likeness (QED) is 0.237. The monoisotopic (exact) mass is 449 g/mol. The van der Waals surface area contributed by atoms with E-state index in [1.54, 1.807) is 0 Å². The molecule has 0 amide bonds. The maximum Gasteiger partial charge on any atom is 0.0541 e. The third-order valence-electron chi connectivity index (χ3n) is 7.86. The summed E-state index contributed by atoms with van der Waals surface area (Å²) in [5.74, 6) is 0.557. The second-order valence-electron chi connectivity index (χ2n) is 9.76. The average molecular weight is 450 g/mol. The van der Waals surface area contributed by atoms with Gasteiger partial charge in [-0.25, -0.2) is 0 Å². The minimum Gasteiger partial charge on any atom is -0.309 e. The van der Waals surface area contributed by atoms with Gasteiger partial charge in [-0.15, -0.1) is 0 Å². The molecule has 1 unspecified atom stereocenters. The van der Waals surface area contributed by atoms with Crippen LogP contribution in [0, 0.1) is 0 Å². The zero-order valence-corrected chi connectivity index (χ0v) is 20.1. The van der Waals surface area contributed by atoms with E-state index in [1.807, 2.05) is 0 Å². The molecule has 1 heterocycles. The Morgan fingerprint density at radius 1 is 0.514 bits per heavy atom. The summed E-state index contributed by atoms with van der Waals surface area (Å²) in [6.07, 6.45) is 1.15. The molecule has 168 valence electrons. The van der Waals surface area contributed by atoms with Crippen molar-refractivity contribution in [3.8, 4) is 5.69 Å². The van der Waals surface area contributed by atoms with Gasteiger partial charge in [-0.2, -0.15) is 0 Å². The highest BCUT2D eigenvalue weighted by Crippen LogP contribution is 2.38. The first-order chi connectivity index (χ1) is 17.2. The first kappa shape index (κ1) is 20.3. The van der Waals surface area contributed by atoms with Crippen LogP contribution in [0.4, 0.5) is 0 Å². The Hall–Kier alpha value is -4.10. The molecular weight excluding hydrogens is 422 g/mol. The Labute approximate surface area is 205 Å². The first-order valence-electron chi connectivity index (χ1n) is 12.6. The Bertz CT molecular complexity index is 1870. The minimum atomic E-state index is 0.557. The molecule has 0 saturated carbocycles. The van der Waals surface area contributed by atoms with E-state index in [0.717, 1.165) is 6.42 Å². The molecule has 0 saturated heterocycles. The van der Waals surface area contributed by atoms with Crippen molar-refractivity contribution in [1.29, 1.82) is 0 Å². The fraction of sp³-hybridized carbons (Fsp3) is 0.118. The SMILES string of the molecule is CCC(C)c1ccc2c(c1)c1ccccc1n2-c1ccc2c3ccccc3c3ccccc3c2c1. The molecule has 0 aliphatic carbocycles. The minimum absolute atomic E-state index is 0.557. The summed E-state index contributed by atoms with van der Waals surface area (Å²) < 4.78 is 2.44. The van der Waals surface area contributed by atoms with Gasteiger partial charge in [0.25, 0.3) is 0 Å². The van der Waals surface area contributed by atoms with Gasteiger partial charge in [0, 0.05) is 16.5 Å². The van der Waals surface area contributed by atoms with Gasteiger partial charge in [0.05, 0.1) is 11.0 Å². The first-order valence-corrected chi connectivity index (χ1v) is 12.6. The molecule has 0 bridgehead atoms. The largest absolute Gasteiger partial charge is 0.309 e. The molecule has 1 nitrogen and oxygen atoms in total. The number of nitrogens with zero attached hydrogens (tertiary/aromatic N) is 1. The second kappa shape index (κ2) is 7.71. The lowest BCUT2D eigenvalue weighted by atomic mass is 9.94. The van der Waals surface area contributed by atoms with Crippen molar-refractivity contribution < 1.29 is 0 Å². The van der Waals surface area contributed by atoms with Crippen LogP contribution in [0.3, 0.4) is 0 Å². The van der Waals surface area contributed by atoms with Gasteiger partial charge in [0.2, 0.25) is 0 Å². The van der Waals surface area contributed by atoms with Crippen molar-refractivity contribution in [2.45, 2.75) is 26.2 Å². The van der Waals surface area contributed by atoms with Crippen molar-refractivity contribution in [2.75, 3.05) is 0 Å². The molecule has 7 rings (SSSR count). The molecule has 6 aromatic carbocycles. The lowest BCUT2D eigenvalue weighted by Crippen LogP contribution is -1.95. The highest BCUT2D eigenvalue weighted by Gasteiger charge is 2.15. The molecule has 0 fully saturated rings. The Morgan fingerprint density at radius 2 is 1.06 bits per heavy atom. The summed E-state index contributed by atoms with van der Waals surface area (Å²) in [7, 11) is 0. The molecular formula is C34H27N. The van der Waals surface area contributed by atoms with E-state index in [0.29, 0.717) is 5.92 Å². The summed E-state index contributed by atoms with van der Waals surface area (Å²) in [5.41, 5.74) is 5.15. The van der Waals surface area contributed by atoms with E-state index in [4.69, 9.17) is 0 Å². The highest BCUT2D eigenvalue weighted by atomic mass is 15.0. The lowest BCUT2D eigenvalue weighted by Gasteiger charge is -2.14. The van der Waals surface area contributed by atoms with Crippen LogP contribution in [-0.2, 0) is 0 Å². The molecule has 0 aliphatic rings. The van der Waals surface area contributed by atoms with Crippen LogP contribution >= 0.6 is 0 Å². The predicted molar refractivity (Wildman–Crippen MR) is 152 cm³/mol. The maximum absolute atomic E-state index is 2.44. The van der Waals surface area contributed by atoms with E-state index >= 15 is 0 Å². The number of para-hydroxylation sites is 1. The zero-order chi connectivity index (χ0) is 23.5. The van der Waals surface area contributed by atoms with Crippen molar-refractivity contribution in [3.05, 3.63) is 115 Å². The molecule has 7 aromatic rings. The summed E-state index contributed by atoms with van der Waals surface area (Å²) in [4.78, 5) is 0. The van der Waals surface area contributed by atoms with Crippen molar-refractivity contribution in [3.63, 3.8) is 0 Å². The molecule has 1 atom stereocenters. The Morgan fingerprint density at radius 3 is 1.71 bits per heavy atom. The molecule has 0 aliphatic heterocycles. The molecule has 1 aromatic heterocycles. The number of rotatable bonds is 3. The summed E-state index contributed by atoms with van der Waals surface area (Å²) in [6.45, 7) is 4.58. The van der Waals surface area contributed by atoms with Crippen LogP contribution in [0.15, 0.2) is 109 Å². The number of aromatic nitrogens is 1. The van der Waals surface area contributed by atoms with Gasteiger partial charge >= 0.3 is 0 Å². The third-order valence-corrected chi connectivity index (χ3v) is 7.86. The number of hydrogen-bond donors (Lipinski definition) is 0. The van der Waals surface area contributed by atoms with Crippen molar-refractivity contribution in [1.82, 2.24) is 4.57 Å². The van der Waals surface area contributed by atoms with E-state index < -0.39 is 0 Å². The van der Waals surface area contributed by atoms with Crippen LogP contribution in [0.25, 0.3) is 59.8 Å². The Balaban J connectivity index is 1.58. The number of fused-ring (bicyclic) bond motifs is 9. The van der Waals surface area contributed by atoms with Crippen LogP contribution in [0.2, 0.25) is 0 Å². The summed E-state index contributed by atoms with van der Waals surface area (Å²) in [6, 6.07) is 40.4. The Kier molecular flexibility index (Phi) is 4.47. The topological polar surface area (TPSA) is 4.93 Å². The summed E-state index contributed by atoms with van der Waals surface area (Å²) in [5, 5.41) is 10.5. The third kappa shape index (κ3) is 2.94. The van der Waals surface area contributed by atoms with E-state index in [2.05, 4.69) is 128 Å². The van der Waals surface area contributed by atoms with E-state index in [9.17, 15) is 0 Å². The van der Waals surface area contributed by atoms with Crippen LogP contribution in [0.5, 0.6) is 0 Å². The van der Waals surface area contributed by atoms with E-state index in [1.165, 1.54) is 65.4 Å². The normalized spacial score (nSPS) is 12.9. The van der Waals surface area contributed by atoms with E-state index in [-0.39, 0.29) is 0 Å². The molecule has 0 radical (unpaired) electrons. The fourth-order valence-electron chi connectivity index (χ4n) is 5.85. The maximum atomic E-state index is 2.44. The van der Waals surface area contributed by atoms with Gasteiger partial charge in [0.15, 0.2) is 0 Å². The van der Waals surface area contributed by atoms with Gasteiger partial charge in [-0.05, 0) is 80.6 Å². The molecule has 0 N–H and O–H groups in total. The van der Waals surface area contributed by atoms with Gasteiger partial charge in [-0.1, -0.05) is 92.7 Å². The lowest BCUT2D eigenvalue weighted by molar-refractivity contribution is 0.735. The fourth-order valence-corrected chi connectivity index (χ4v) is 5.85. The van der Waals surface area contributed by atoms with Crippen molar-refractivity contribution in [2.24, 2.45) is 0 Å².